The van der Waals surface area contributed by atoms with Crippen molar-refractivity contribution in [3.05, 3.63) is 53.9 Å². The lowest BCUT2D eigenvalue weighted by molar-refractivity contribution is 0.588. The first-order chi connectivity index (χ1) is 9.75. The molecular formula is C16H18N2OS. The van der Waals surface area contributed by atoms with Gasteiger partial charge in [0.1, 0.15) is 0 Å². The minimum atomic E-state index is -1.06. The van der Waals surface area contributed by atoms with Gasteiger partial charge >= 0.3 is 0 Å². The first kappa shape index (κ1) is 13.3. The number of aromatic nitrogens is 1. The summed E-state index contributed by atoms with van der Waals surface area (Å²) >= 11 is 0. The molecule has 0 fully saturated rings. The molecule has 1 aliphatic rings. The van der Waals surface area contributed by atoms with E-state index in [1.165, 1.54) is 17.5 Å². The number of fused-ring (bicyclic) bond motifs is 1. The lowest BCUT2D eigenvalue weighted by Gasteiger charge is -2.25. The monoisotopic (exact) mass is 286 g/mol. The Balaban J connectivity index is 1.83. The van der Waals surface area contributed by atoms with Gasteiger partial charge in [-0.2, -0.15) is 0 Å². The number of pyridine rings is 1. The van der Waals surface area contributed by atoms with Crippen molar-refractivity contribution in [1.29, 1.82) is 0 Å². The van der Waals surface area contributed by atoms with E-state index in [0.29, 0.717) is 22.3 Å². The van der Waals surface area contributed by atoms with Gasteiger partial charge in [-0.15, -0.1) is 0 Å². The number of hydrogen-bond donors (Lipinski definition) is 1. The smallest absolute Gasteiger partial charge is 0.0664 e. The van der Waals surface area contributed by atoms with E-state index in [0.717, 1.165) is 12.8 Å². The van der Waals surface area contributed by atoms with Crippen LogP contribution in [-0.4, -0.2) is 14.9 Å². The fourth-order valence-corrected chi connectivity index (χ4v) is 4.32. The number of aryl methyl sites for hydroxylation is 1. The lowest BCUT2D eigenvalue weighted by atomic mass is 9.84. The summed E-state index contributed by atoms with van der Waals surface area (Å²) in [7, 11) is -1.06. The van der Waals surface area contributed by atoms with E-state index in [9.17, 15) is 4.21 Å². The van der Waals surface area contributed by atoms with Crippen LogP contribution < -0.4 is 5.73 Å². The second-order valence-electron chi connectivity index (χ2n) is 5.21. The quantitative estimate of drug-likeness (QED) is 0.944. The van der Waals surface area contributed by atoms with Crippen LogP contribution in [0.2, 0.25) is 0 Å². The molecule has 20 heavy (non-hydrogen) atoms. The van der Waals surface area contributed by atoms with Gasteiger partial charge in [0, 0.05) is 11.9 Å². The fourth-order valence-electron chi connectivity index (χ4n) is 2.90. The predicted octanol–water partition coefficient (Wildman–Crippen LogP) is 2.89. The maximum Gasteiger partial charge on any atom is 0.0664 e. The largest absolute Gasteiger partial charge is 0.396 e. The molecule has 1 aliphatic carbocycles. The standard InChI is InChI=1S/C16H18N2OS/c17-15-10-18-9-8-16(15)20(19)11-13-6-3-5-12-4-1-2-7-14(12)13/h1-2,4,7-10,13H,3,5-6,11,17H2. The van der Waals surface area contributed by atoms with E-state index in [4.69, 9.17) is 5.73 Å². The average molecular weight is 286 g/mol. The number of anilines is 1. The molecule has 0 aliphatic heterocycles. The highest BCUT2D eigenvalue weighted by Crippen LogP contribution is 2.33. The van der Waals surface area contributed by atoms with E-state index in [2.05, 4.69) is 29.2 Å². The number of nitrogen functional groups attached to an aromatic ring is 1. The van der Waals surface area contributed by atoms with Crippen molar-refractivity contribution in [3.8, 4) is 0 Å². The van der Waals surface area contributed by atoms with Crippen molar-refractivity contribution in [2.75, 3.05) is 11.5 Å². The highest BCUT2D eigenvalue weighted by molar-refractivity contribution is 7.85. The van der Waals surface area contributed by atoms with Crippen LogP contribution in [0.4, 0.5) is 5.69 Å². The maximum atomic E-state index is 12.5. The molecular weight excluding hydrogens is 268 g/mol. The number of nitrogens with two attached hydrogens (primary N) is 1. The Kier molecular flexibility index (Phi) is 3.83. The van der Waals surface area contributed by atoms with Gasteiger partial charge < -0.3 is 5.73 Å². The second-order valence-corrected chi connectivity index (χ2v) is 6.68. The van der Waals surface area contributed by atoms with Crippen molar-refractivity contribution in [3.63, 3.8) is 0 Å². The molecule has 0 radical (unpaired) electrons. The van der Waals surface area contributed by atoms with Crippen LogP contribution >= 0.6 is 0 Å². The van der Waals surface area contributed by atoms with E-state index in [1.54, 1.807) is 18.5 Å². The van der Waals surface area contributed by atoms with Crippen molar-refractivity contribution < 1.29 is 4.21 Å². The van der Waals surface area contributed by atoms with E-state index in [1.807, 2.05) is 0 Å². The highest BCUT2D eigenvalue weighted by atomic mass is 32.2. The van der Waals surface area contributed by atoms with E-state index < -0.39 is 10.8 Å². The summed E-state index contributed by atoms with van der Waals surface area (Å²) in [6.07, 6.45) is 6.63. The summed E-state index contributed by atoms with van der Waals surface area (Å²) in [4.78, 5) is 4.66. The van der Waals surface area contributed by atoms with Gasteiger partial charge in [-0.25, -0.2) is 0 Å². The van der Waals surface area contributed by atoms with Crippen LogP contribution in [0.25, 0.3) is 0 Å². The first-order valence-corrected chi connectivity index (χ1v) is 8.23. The number of nitrogens with zero attached hydrogens (tertiary/aromatic N) is 1. The summed E-state index contributed by atoms with van der Waals surface area (Å²) in [5.41, 5.74) is 9.16. The van der Waals surface area contributed by atoms with Gasteiger partial charge in [0.2, 0.25) is 0 Å². The summed E-state index contributed by atoms with van der Waals surface area (Å²) in [6, 6.07) is 10.3. The Labute approximate surface area is 121 Å². The van der Waals surface area contributed by atoms with E-state index in [-0.39, 0.29) is 0 Å². The topological polar surface area (TPSA) is 56.0 Å². The van der Waals surface area contributed by atoms with Gasteiger partial charge in [0.25, 0.3) is 0 Å². The Morgan fingerprint density at radius 2 is 2.15 bits per heavy atom. The fraction of sp³-hybridized carbons (Fsp3) is 0.312. The number of benzene rings is 1. The normalized spacial score (nSPS) is 19.3. The third kappa shape index (κ3) is 2.61. The minimum absolute atomic E-state index is 0.369. The van der Waals surface area contributed by atoms with Crippen LogP contribution in [0.1, 0.15) is 29.9 Å². The molecule has 0 spiro atoms. The van der Waals surface area contributed by atoms with Gasteiger partial charge in [-0.3, -0.25) is 9.19 Å². The van der Waals surface area contributed by atoms with Gasteiger partial charge in [-0.1, -0.05) is 24.3 Å². The Morgan fingerprint density at radius 3 is 3.00 bits per heavy atom. The molecule has 0 saturated heterocycles. The minimum Gasteiger partial charge on any atom is -0.396 e. The number of hydrogen-bond acceptors (Lipinski definition) is 3. The predicted molar refractivity (Wildman–Crippen MR) is 82.0 cm³/mol. The Bertz CT molecular complexity index is 642. The van der Waals surface area contributed by atoms with Crippen molar-refractivity contribution >= 4 is 16.5 Å². The Hall–Kier alpha value is -1.68. The SMILES string of the molecule is Nc1cnccc1S(=O)CC1CCCc2ccccc21. The lowest BCUT2D eigenvalue weighted by Crippen LogP contribution is -2.16. The van der Waals surface area contributed by atoms with E-state index >= 15 is 0 Å². The molecule has 3 rings (SSSR count). The maximum absolute atomic E-state index is 12.5. The van der Waals surface area contributed by atoms with Crippen LogP contribution in [0, 0.1) is 0 Å². The Morgan fingerprint density at radius 1 is 1.30 bits per heavy atom. The van der Waals surface area contributed by atoms with Crippen LogP contribution in [0.3, 0.4) is 0 Å². The molecule has 3 nitrogen and oxygen atoms in total. The third-order valence-electron chi connectivity index (χ3n) is 3.90. The molecule has 2 atom stereocenters. The summed E-state index contributed by atoms with van der Waals surface area (Å²) in [6.45, 7) is 0. The summed E-state index contributed by atoms with van der Waals surface area (Å²) < 4.78 is 12.5. The molecule has 1 aromatic carbocycles. The van der Waals surface area contributed by atoms with Crippen LogP contribution in [-0.2, 0) is 17.2 Å². The zero-order valence-electron chi connectivity index (χ0n) is 11.3. The van der Waals surface area contributed by atoms with Gasteiger partial charge in [0.05, 0.1) is 27.6 Å². The first-order valence-electron chi connectivity index (χ1n) is 6.91. The van der Waals surface area contributed by atoms with Crippen molar-refractivity contribution in [2.24, 2.45) is 0 Å². The zero-order valence-corrected chi connectivity index (χ0v) is 12.1. The molecule has 4 heteroatoms. The molecule has 0 saturated carbocycles. The summed E-state index contributed by atoms with van der Waals surface area (Å²) in [5.74, 6) is 1.01. The third-order valence-corrected chi connectivity index (χ3v) is 5.47. The van der Waals surface area contributed by atoms with Gasteiger partial charge in [0.15, 0.2) is 0 Å². The number of rotatable bonds is 3. The zero-order chi connectivity index (χ0) is 13.9. The van der Waals surface area contributed by atoms with Crippen molar-refractivity contribution in [1.82, 2.24) is 4.98 Å². The second kappa shape index (κ2) is 5.75. The molecule has 2 N–H and O–H groups in total. The molecule has 104 valence electrons. The molecule has 1 aromatic heterocycles. The molecule has 2 aromatic rings. The molecule has 2 unspecified atom stereocenters. The van der Waals surface area contributed by atoms with Gasteiger partial charge in [-0.05, 0) is 42.4 Å². The molecule has 1 heterocycles. The van der Waals surface area contributed by atoms with Crippen molar-refractivity contribution in [2.45, 2.75) is 30.1 Å². The summed E-state index contributed by atoms with van der Waals surface area (Å²) in [5, 5.41) is 0. The van der Waals surface area contributed by atoms with Crippen LogP contribution in [0.15, 0.2) is 47.6 Å². The molecule has 0 bridgehead atoms. The molecule has 0 amide bonds. The highest BCUT2D eigenvalue weighted by Gasteiger charge is 2.22. The van der Waals surface area contributed by atoms with Crippen LogP contribution in [0.5, 0.6) is 0 Å². The average Bonchev–Trinajstić information content (AvgIpc) is 2.48.